The molecule has 1 N–H and O–H groups in total. The average molecular weight is 360 g/mol. The topological polar surface area (TPSA) is 75.0 Å². The number of hydrogen-bond acceptors (Lipinski definition) is 4. The molecule has 6 heteroatoms. The molecule has 1 saturated heterocycles. The third kappa shape index (κ3) is 2.77. The quantitative estimate of drug-likeness (QED) is 0.585. The minimum absolute atomic E-state index is 0.0112. The van der Waals surface area contributed by atoms with E-state index in [9.17, 15) is 4.79 Å². The molecule has 2 aromatic carbocycles. The van der Waals surface area contributed by atoms with Gasteiger partial charge >= 0.3 is 0 Å². The first-order chi connectivity index (χ1) is 13.2. The Bertz CT molecular complexity index is 1100. The van der Waals surface area contributed by atoms with Crippen molar-refractivity contribution in [2.75, 3.05) is 13.1 Å². The molecule has 3 heterocycles. The zero-order valence-electron chi connectivity index (χ0n) is 15.1. The van der Waals surface area contributed by atoms with Gasteiger partial charge in [-0.25, -0.2) is 4.98 Å². The van der Waals surface area contributed by atoms with Crippen LogP contribution in [0, 0.1) is 6.92 Å². The molecule has 136 valence electrons. The number of aromatic amines is 1. The summed E-state index contributed by atoms with van der Waals surface area (Å²) in [7, 11) is 0. The normalized spacial score (nSPS) is 15.7. The largest absolute Gasteiger partial charge is 0.440 e. The number of aryl methyl sites for hydroxylation is 1. The number of fused-ring (bicyclic) bond motifs is 2. The summed E-state index contributed by atoms with van der Waals surface area (Å²) in [6.45, 7) is 3.39. The number of H-pyrrole nitrogens is 1. The molecule has 0 unspecified atom stereocenters. The molecule has 1 aliphatic rings. The summed E-state index contributed by atoms with van der Waals surface area (Å²) in [6, 6.07) is 13.8. The molecule has 0 atom stereocenters. The smallest absolute Gasteiger partial charge is 0.274 e. The average Bonchev–Trinajstić information content (AvgIpc) is 3.31. The number of oxazole rings is 1. The number of carbonyl (C=O) groups excluding carboxylic acids is 1. The lowest BCUT2D eigenvalue weighted by Crippen LogP contribution is -2.38. The summed E-state index contributed by atoms with van der Waals surface area (Å²) in [5.74, 6) is 1.02. The van der Waals surface area contributed by atoms with E-state index >= 15 is 0 Å². The van der Waals surface area contributed by atoms with Crippen LogP contribution in [0.5, 0.6) is 0 Å². The number of carbonyl (C=O) groups is 1. The second-order valence-electron chi connectivity index (χ2n) is 7.21. The summed E-state index contributed by atoms with van der Waals surface area (Å²) < 4.78 is 5.91. The van der Waals surface area contributed by atoms with Gasteiger partial charge in [-0.3, -0.25) is 9.89 Å². The Morgan fingerprint density at radius 1 is 1.19 bits per heavy atom. The molecule has 0 aliphatic carbocycles. The Kier molecular flexibility index (Phi) is 3.70. The van der Waals surface area contributed by atoms with Crippen LogP contribution >= 0.6 is 0 Å². The summed E-state index contributed by atoms with van der Waals surface area (Å²) in [4.78, 5) is 19.5. The van der Waals surface area contributed by atoms with Crippen LogP contribution < -0.4 is 0 Å². The van der Waals surface area contributed by atoms with E-state index in [4.69, 9.17) is 4.42 Å². The fourth-order valence-corrected chi connectivity index (χ4v) is 3.83. The number of amides is 1. The van der Waals surface area contributed by atoms with Gasteiger partial charge in [-0.2, -0.15) is 5.10 Å². The van der Waals surface area contributed by atoms with Crippen molar-refractivity contribution in [3.63, 3.8) is 0 Å². The van der Waals surface area contributed by atoms with Gasteiger partial charge in [-0.1, -0.05) is 23.8 Å². The summed E-state index contributed by atoms with van der Waals surface area (Å²) in [6.07, 6.45) is 1.69. The lowest BCUT2D eigenvalue weighted by molar-refractivity contribution is 0.0702. The van der Waals surface area contributed by atoms with E-state index in [0.29, 0.717) is 18.8 Å². The maximum absolute atomic E-state index is 13.0. The summed E-state index contributed by atoms with van der Waals surface area (Å²) in [5, 5.41) is 8.12. The van der Waals surface area contributed by atoms with E-state index in [2.05, 4.69) is 15.2 Å². The minimum Gasteiger partial charge on any atom is -0.440 e. The van der Waals surface area contributed by atoms with E-state index in [1.165, 1.54) is 0 Å². The number of nitrogens with zero attached hydrogens (tertiary/aromatic N) is 3. The first kappa shape index (κ1) is 16.1. The molecular formula is C21H20N4O2. The highest BCUT2D eigenvalue weighted by Crippen LogP contribution is 2.31. The molecule has 0 radical (unpaired) electrons. The molecule has 4 aromatic rings. The predicted molar refractivity (Wildman–Crippen MR) is 103 cm³/mol. The Morgan fingerprint density at radius 2 is 2.00 bits per heavy atom. The van der Waals surface area contributed by atoms with Crippen molar-refractivity contribution in [1.29, 1.82) is 0 Å². The van der Waals surface area contributed by atoms with Crippen LogP contribution in [0.25, 0.3) is 22.0 Å². The van der Waals surface area contributed by atoms with Gasteiger partial charge in [0.05, 0.1) is 5.52 Å². The Labute approximate surface area is 156 Å². The van der Waals surface area contributed by atoms with Crippen LogP contribution in [0.4, 0.5) is 0 Å². The van der Waals surface area contributed by atoms with Crippen molar-refractivity contribution in [1.82, 2.24) is 20.1 Å². The first-order valence-electron chi connectivity index (χ1n) is 9.28. The van der Waals surface area contributed by atoms with Gasteiger partial charge in [0.1, 0.15) is 5.52 Å². The molecule has 1 amide bonds. The Hall–Kier alpha value is -3.15. The van der Waals surface area contributed by atoms with E-state index in [0.717, 1.165) is 46.3 Å². The zero-order chi connectivity index (χ0) is 18.4. The predicted octanol–water partition coefficient (Wildman–Crippen LogP) is 4.03. The van der Waals surface area contributed by atoms with Crippen LogP contribution in [0.2, 0.25) is 0 Å². The van der Waals surface area contributed by atoms with Crippen molar-refractivity contribution in [3.05, 3.63) is 59.6 Å². The number of aromatic nitrogens is 3. The van der Waals surface area contributed by atoms with Crippen LogP contribution in [-0.2, 0) is 0 Å². The van der Waals surface area contributed by atoms with Gasteiger partial charge in [-0.05, 0) is 44.0 Å². The SMILES string of the molecule is Cc1ccc2[nH]nc(C(=O)N3CCC(c4nc5ccccc5o4)CC3)c2c1. The van der Waals surface area contributed by atoms with Gasteiger partial charge in [0.2, 0.25) is 0 Å². The molecule has 0 saturated carbocycles. The number of nitrogens with one attached hydrogen (secondary N) is 1. The minimum atomic E-state index is -0.0112. The third-order valence-electron chi connectivity index (χ3n) is 5.36. The van der Waals surface area contributed by atoms with Gasteiger partial charge in [0, 0.05) is 24.4 Å². The molecule has 5 rings (SSSR count). The number of benzene rings is 2. The monoisotopic (exact) mass is 360 g/mol. The highest BCUT2D eigenvalue weighted by Gasteiger charge is 2.29. The number of piperidine rings is 1. The van der Waals surface area contributed by atoms with E-state index in [1.54, 1.807) is 0 Å². The Balaban J connectivity index is 1.33. The second-order valence-corrected chi connectivity index (χ2v) is 7.21. The third-order valence-corrected chi connectivity index (χ3v) is 5.36. The summed E-state index contributed by atoms with van der Waals surface area (Å²) >= 11 is 0. The molecular weight excluding hydrogens is 340 g/mol. The molecule has 0 bridgehead atoms. The van der Waals surface area contributed by atoms with Crippen LogP contribution in [0.1, 0.15) is 40.7 Å². The molecule has 27 heavy (non-hydrogen) atoms. The Morgan fingerprint density at radius 3 is 2.81 bits per heavy atom. The number of para-hydroxylation sites is 2. The molecule has 1 fully saturated rings. The van der Waals surface area contributed by atoms with E-state index in [1.807, 2.05) is 54.3 Å². The van der Waals surface area contributed by atoms with E-state index < -0.39 is 0 Å². The van der Waals surface area contributed by atoms with Crippen LogP contribution in [0.3, 0.4) is 0 Å². The highest BCUT2D eigenvalue weighted by atomic mass is 16.3. The lowest BCUT2D eigenvalue weighted by Gasteiger charge is -2.30. The molecule has 1 aliphatic heterocycles. The number of likely N-dealkylation sites (tertiary alicyclic amines) is 1. The maximum Gasteiger partial charge on any atom is 0.274 e. The number of hydrogen-bond donors (Lipinski definition) is 1. The van der Waals surface area contributed by atoms with Crippen LogP contribution in [-0.4, -0.2) is 39.1 Å². The first-order valence-corrected chi connectivity index (χ1v) is 9.28. The van der Waals surface area contributed by atoms with E-state index in [-0.39, 0.29) is 11.8 Å². The lowest BCUT2D eigenvalue weighted by atomic mass is 9.96. The van der Waals surface area contributed by atoms with Gasteiger partial charge in [0.15, 0.2) is 17.2 Å². The summed E-state index contributed by atoms with van der Waals surface area (Å²) in [5.41, 5.74) is 4.24. The number of rotatable bonds is 2. The fraction of sp³-hybridized carbons (Fsp3) is 0.286. The van der Waals surface area contributed by atoms with Crippen molar-refractivity contribution in [3.8, 4) is 0 Å². The second kappa shape index (κ2) is 6.23. The molecule has 2 aromatic heterocycles. The van der Waals surface area contributed by atoms with Gasteiger partial charge in [-0.15, -0.1) is 0 Å². The standard InChI is InChI=1S/C21H20N4O2/c1-13-6-7-16-15(12-13)19(24-23-16)21(26)25-10-8-14(9-11-25)20-22-17-4-2-3-5-18(17)27-20/h2-7,12,14H,8-11H2,1H3,(H,23,24). The maximum atomic E-state index is 13.0. The zero-order valence-corrected chi connectivity index (χ0v) is 15.1. The van der Waals surface area contributed by atoms with Gasteiger partial charge in [0.25, 0.3) is 5.91 Å². The van der Waals surface area contributed by atoms with Crippen molar-refractivity contribution in [2.24, 2.45) is 0 Å². The van der Waals surface area contributed by atoms with Crippen molar-refractivity contribution in [2.45, 2.75) is 25.7 Å². The van der Waals surface area contributed by atoms with Crippen molar-refractivity contribution < 1.29 is 9.21 Å². The van der Waals surface area contributed by atoms with Gasteiger partial charge < -0.3 is 9.32 Å². The molecule has 0 spiro atoms. The van der Waals surface area contributed by atoms with Crippen LogP contribution in [0.15, 0.2) is 46.9 Å². The van der Waals surface area contributed by atoms with Crippen molar-refractivity contribution >= 4 is 27.9 Å². The molecule has 6 nitrogen and oxygen atoms in total. The highest BCUT2D eigenvalue weighted by molar-refractivity contribution is 6.04. The fourth-order valence-electron chi connectivity index (χ4n) is 3.83.